The first-order valence-electron chi connectivity index (χ1n) is 5.87. The van der Waals surface area contributed by atoms with Gasteiger partial charge in [0.25, 0.3) is 0 Å². The highest BCUT2D eigenvalue weighted by molar-refractivity contribution is 5.91. The van der Waals surface area contributed by atoms with Crippen LogP contribution in [-0.4, -0.2) is 12.1 Å². The summed E-state index contributed by atoms with van der Waals surface area (Å²) in [4.78, 5) is 11.5. The summed E-state index contributed by atoms with van der Waals surface area (Å²) < 4.78 is 5.44. The van der Waals surface area contributed by atoms with E-state index in [0.717, 1.165) is 12.8 Å². The molecule has 0 aromatic carbocycles. The summed E-state index contributed by atoms with van der Waals surface area (Å²) in [5.74, 6) is 0.786. The molecule has 0 aromatic heterocycles. The van der Waals surface area contributed by atoms with Gasteiger partial charge in [0.1, 0.15) is 6.10 Å². The molecule has 0 aromatic rings. The van der Waals surface area contributed by atoms with E-state index in [1.807, 2.05) is 0 Å². The molecule has 2 aliphatic carbocycles. The van der Waals surface area contributed by atoms with Crippen LogP contribution in [0.25, 0.3) is 0 Å². The van der Waals surface area contributed by atoms with Crippen molar-refractivity contribution in [2.45, 2.75) is 38.2 Å². The lowest BCUT2D eigenvalue weighted by atomic mass is 9.71. The molecule has 2 nitrogen and oxygen atoms in total. The molecule has 1 saturated heterocycles. The fourth-order valence-electron chi connectivity index (χ4n) is 3.24. The van der Waals surface area contributed by atoms with Gasteiger partial charge in [-0.3, -0.25) is 0 Å². The van der Waals surface area contributed by atoms with Crippen molar-refractivity contribution in [2.24, 2.45) is 11.8 Å². The molecule has 3 rings (SSSR count). The monoisotopic (exact) mass is 204 g/mol. The van der Waals surface area contributed by atoms with Gasteiger partial charge in [0.05, 0.1) is 0 Å². The number of ether oxygens (including phenoxy) is 1. The van der Waals surface area contributed by atoms with Crippen LogP contribution in [0.1, 0.15) is 32.1 Å². The first-order chi connectivity index (χ1) is 7.27. The van der Waals surface area contributed by atoms with Crippen LogP contribution in [-0.2, 0) is 9.53 Å². The van der Waals surface area contributed by atoms with Crippen LogP contribution in [0.4, 0.5) is 0 Å². The molecule has 1 saturated carbocycles. The molecule has 1 heterocycles. The maximum atomic E-state index is 11.5. The largest absolute Gasteiger partial charge is 0.454 e. The van der Waals surface area contributed by atoms with Crippen LogP contribution in [0.2, 0.25) is 0 Å². The Labute approximate surface area is 90.0 Å². The van der Waals surface area contributed by atoms with Gasteiger partial charge in [-0.25, -0.2) is 4.79 Å². The van der Waals surface area contributed by atoms with Crippen molar-refractivity contribution < 1.29 is 9.53 Å². The van der Waals surface area contributed by atoms with E-state index in [-0.39, 0.29) is 18.0 Å². The van der Waals surface area contributed by atoms with E-state index in [1.165, 1.54) is 24.8 Å². The molecule has 80 valence electrons. The number of carbonyl (C=O) groups excluding carboxylic acids is 1. The lowest BCUT2D eigenvalue weighted by molar-refractivity contribution is -0.138. The zero-order chi connectivity index (χ0) is 10.4. The van der Waals surface area contributed by atoms with Crippen LogP contribution in [0.15, 0.2) is 23.8 Å². The highest BCUT2D eigenvalue weighted by Crippen LogP contribution is 2.46. The molecule has 0 radical (unpaired) electrons. The van der Waals surface area contributed by atoms with Gasteiger partial charge in [-0.2, -0.15) is 0 Å². The van der Waals surface area contributed by atoms with E-state index >= 15 is 0 Å². The molecule has 3 aliphatic rings. The van der Waals surface area contributed by atoms with Crippen LogP contribution in [0, 0.1) is 11.8 Å². The summed E-state index contributed by atoms with van der Waals surface area (Å²) in [5.41, 5.74) is 2.09. The van der Waals surface area contributed by atoms with E-state index in [2.05, 4.69) is 12.7 Å². The summed E-state index contributed by atoms with van der Waals surface area (Å²) in [5, 5.41) is 0. The number of rotatable bonds is 0. The Morgan fingerprint density at radius 3 is 3.07 bits per heavy atom. The van der Waals surface area contributed by atoms with Gasteiger partial charge in [0, 0.05) is 11.5 Å². The Kier molecular flexibility index (Phi) is 1.98. The summed E-state index contributed by atoms with van der Waals surface area (Å²) in [6.45, 7) is 3.86. The molecular formula is C13H16O2. The third-order valence-electron chi connectivity index (χ3n) is 4.07. The van der Waals surface area contributed by atoms with Crippen molar-refractivity contribution in [3.63, 3.8) is 0 Å². The Morgan fingerprint density at radius 2 is 2.20 bits per heavy atom. The quantitative estimate of drug-likeness (QED) is 0.344. The molecule has 3 unspecified atom stereocenters. The van der Waals surface area contributed by atoms with E-state index in [1.54, 1.807) is 0 Å². The summed E-state index contributed by atoms with van der Waals surface area (Å²) in [6.07, 6.45) is 8.36. The van der Waals surface area contributed by atoms with Gasteiger partial charge in [-0.05, 0) is 43.6 Å². The van der Waals surface area contributed by atoms with Crippen molar-refractivity contribution in [1.29, 1.82) is 0 Å². The van der Waals surface area contributed by atoms with Crippen molar-refractivity contribution in [3.05, 3.63) is 23.8 Å². The molecule has 0 spiro atoms. The van der Waals surface area contributed by atoms with Gasteiger partial charge < -0.3 is 4.74 Å². The molecular weight excluding hydrogens is 188 g/mol. The predicted molar refractivity (Wildman–Crippen MR) is 57.2 cm³/mol. The molecule has 0 amide bonds. The normalized spacial score (nSPS) is 39.2. The van der Waals surface area contributed by atoms with E-state index in [4.69, 9.17) is 4.74 Å². The zero-order valence-electron chi connectivity index (χ0n) is 8.87. The predicted octanol–water partition coefficient (Wildman–Crippen LogP) is 2.60. The molecule has 15 heavy (non-hydrogen) atoms. The second-order valence-corrected chi connectivity index (χ2v) is 4.87. The van der Waals surface area contributed by atoms with Gasteiger partial charge >= 0.3 is 5.97 Å². The van der Waals surface area contributed by atoms with Gasteiger partial charge in [-0.1, -0.05) is 12.7 Å². The van der Waals surface area contributed by atoms with Crippen LogP contribution in [0.3, 0.4) is 0 Å². The highest BCUT2D eigenvalue weighted by atomic mass is 16.6. The molecule has 3 atom stereocenters. The van der Waals surface area contributed by atoms with Gasteiger partial charge in [0.15, 0.2) is 0 Å². The Hall–Kier alpha value is -1.05. The van der Waals surface area contributed by atoms with E-state index in [0.29, 0.717) is 11.5 Å². The van der Waals surface area contributed by atoms with Crippen molar-refractivity contribution >= 4 is 5.97 Å². The van der Waals surface area contributed by atoms with Crippen molar-refractivity contribution in [3.8, 4) is 0 Å². The Bertz CT molecular complexity index is 354. The smallest absolute Gasteiger partial charge is 0.334 e. The number of esters is 1. The van der Waals surface area contributed by atoms with Gasteiger partial charge in [-0.15, -0.1) is 0 Å². The first-order valence-corrected chi connectivity index (χ1v) is 5.87. The lowest BCUT2D eigenvalue weighted by Crippen LogP contribution is -2.31. The van der Waals surface area contributed by atoms with Gasteiger partial charge in [0.2, 0.25) is 0 Å². The third-order valence-corrected chi connectivity index (χ3v) is 4.07. The highest BCUT2D eigenvalue weighted by Gasteiger charge is 2.45. The average Bonchev–Trinajstić information content (AvgIpc) is 2.56. The summed E-state index contributed by atoms with van der Waals surface area (Å²) >= 11 is 0. The van der Waals surface area contributed by atoms with Crippen LogP contribution < -0.4 is 0 Å². The third kappa shape index (κ3) is 1.27. The minimum Gasteiger partial charge on any atom is -0.454 e. The van der Waals surface area contributed by atoms with E-state index in [9.17, 15) is 4.79 Å². The maximum Gasteiger partial charge on any atom is 0.334 e. The van der Waals surface area contributed by atoms with E-state index < -0.39 is 0 Å². The molecule has 0 bridgehead atoms. The Balaban J connectivity index is 1.94. The second-order valence-electron chi connectivity index (χ2n) is 4.87. The topological polar surface area (TPSA) is 26.3 Å². The summed E-state index contributed by atoms with van der Waals surface area (Å²) in [6, 6.07) is 0. The molecule has 0 N–H and O–H groups in total. The second kappa shape index (κ2) is 3.22. The minimum absolute atomic E-state index is 0.0454. The number of allylic oxidation sites excluding steroid dienone is 1. The Morgan fingerprint density at radius 1 is 1.33 bits per heavy atom. The van der Waals surface area contributed by atoms with Crippen LogP contribution in [0.5, 0.6) is 0 Å². The summed E-state index contributed by atoms with van der Waals surface area (Å²) in [7, 11) is 0. The average molecular weight is 204 g/mol. The molecule has 2 heteroatoms. The fraction of sp³-hybridized carbons (Fsp3) is 0.615. The van der Waals surface area contributed by atoms with Crippen molar-refractivity contribution in [1.82, 2.24) is 0 Å². The maximum absolute atomic E-state index is 11.5. The number of carbonyl (C=O) groups is 1. The fourth-order valence-corrected chi connectivity index (χ4v) is 3.24. The van der Waals surface area contributed by atoms with Crippen LogP contribution >= 0.6 is 0 Å². The minimum atomic E-state index is -0.169. The molecule has 1 aliphatic heterocycles. The number of hydrogen-bond donors (Lipinski definition) is 0. The molecule has 2 fully saturated rings. The number of fused-ring (bicyclic) bond motifs is 3. The standard InChI is InChI=1S/C13H16O2/c1-8-10-7-6-9-4-2-3-5-11(9)12(10)15-13(8)14/h5,9-10,12H,1-4,6-7H2. The van der Waals surface area contributed by atoms with Crippen molar-refractivity contribution in [2.75, 3.05) is 0 Å². The lowest BCUT2D eigenvalue weighted by Gasteiger charge is -2.35. The number of hydrogen-bond acceptors (Lipinski definition) is 2. The SMILES string of the molecule is C=C1C(=O)OC2C3=CCCCC3CCC12. The zero-order valence-corrected chi connectivity index (χ0v) is 8.87. The first kappa shape index (κ1) is 9.20.